The fourth-order valence-electron chi connectivity index (χ4n) is 2.55. The van der Waals surface area contributed by atoms with Gasteiger partial charge in [0.25, 0.3) is 0 Å². The van der Waals surface area contributed by atoms with Crippen molar-refractivity contribution in [3.63, 3.8) is 0 Å². The predicted molar refractivity (Wildman–Crippen MR) is 74.7 cm³/mol. The number of hydrogen-bond acceptors (Lipinski definition) is 2. The molecule has 2 atom stereocenters. The van der Waals surface area contributed by atoms with Crippen LogP contribution in [0.5, 0.6) is 0 Å². The minimum atomic E-state index is -0.293. The molecule has 1 amide bonds. The van der Waals surface area contributed by atoms with Gasteiger partial charge in [0.2, 0.25) is 5.91 Å². The van der Waals surface area contributed by atoms with Gasteiger partial charge in [-0.25, -0.2) is 0 Å². The van der Waals surface area contributed by atoms with E-state index in [1.807, 2.05) is 6.92 Å². The molecule has 1 fully saturated rings. The average molecular weight is 256 g/mol. The Morgan fingerprint density at radius 3 is 2.65 bits per heavy atom. The number of nitrogens with one attached hydrogen (secondary N) is 1. The number of carbonyl (C=O) groups is 1. The van der Waals surface area contributed by atoms with Crippen LogP contribution in [0.2, 0.25) is 0 Å². The van der Waals surface area contributed by atoms with Crippen molar-refractivity contribution in [1.29, 1.82) is 0 Å². The van der Waals surface area contributed by atoms with E-state index >= 15 is 0 Å². The highest BCUT2D eigenvalue weighted by atomic mass is 32.1. The molecular weight excluding hydrogens is 232 g/mol. The lowest BCUT2D eigenvalue weighted by Crippen LogP contribution is -2.42. The lowest BCUT2D eigenvalue weighted by molar-refractivity contribution is -0.123. The Hall–Kier alpha value is -0.640. The Balaban J connectivity index is 2.50. The third-order valence-electron chi connectivity index (χ3n) is 3.55. The predicted octanol–water partition coefficient (Wildman–Crippen LogP) is 2.38. The number of rotatable bonds is 5. The van der Waals surface area contributed by atoms with Crippen molar-refractivity contribution in [1.82, 2.24) is 5.32 Å². The first-order chi connectivity index (χ1) is 7.85. The summed E-state index contributed by atoms with van der Waals surface area (Å²) in [5.41, 5.74) is 5.97. The topological polar surface area (TPSA) is 55.1 Å². The molecule has 1 rings (SSSR count). The van der Waals surface area contributed by atoms with Gasteiger partial charge in [0, 0.05) is 6.04 Å². The van der Waals surface area contributed by atoms with Crippen LogP contribution in [-0.2, 0) is 4.79 Å². The molecule has 0 aliphatic heterocycles. The highest BCUT2D eigenvalue weighted by Gasteiger charge is 2.33. The first kappa shape index (κ1) is 14.4. The van der Waals surface area contributed by atoms with Gasteiger partial charge in [-0.15, -0.1) is 0 Å². The number of amides is 1. The van der Waals surface area contributed by atoms with Crippen molar-refractivity contribution >= 4 is 23.1 Å². The zero-order valence-corrected chi connectivity index (χ0v) is 11.9. The standard InChI is InChI=1S/C13H24N2OS/c1-4-5-10(11(14)17)12(16)15-9-6-7-13(2,3)8-9/h9-10H,4-8H2,1-3H3,(H2,14,17)(H,15,16). The van der Waals surface area contributed by atoms with Gasteiger partial charge in [-0.3, -0.25) is 4.79 Å². The Kier molecular flexibility index (Phi) is 4.92. The lowest BCUT2D eigenvalue weighted by atomic mass is 9.91. The smallest absolute Gasteiger partial charge is 0.230 e. The fourth-order valence-corrected chi connectivity index (χ4v) is 2.78. The van der Waals surface area contributed by atoms with Crippen LogP contribution in [0, 0.1) is 11.3 Å². The maximum atomic E-state index is 12.1. The Morgan fingerprint density at radius 1 is 1.59 bits per heavy atom. The van der Waals surface area contributed by atoms with E-state index in [0.29, 0.717) is 16.4 Å². The van der Waals surface area contributed by atoms with Gasteiger partial charge in [-0.1, -0.05) is 39.4 Å². The molecule has 0 saturated heterocycles. The van der Waals surface area contributed by atoms with Crippen LogP contribution in [0.15, 0.2) is 0 Å². The highest BCUT2D eigenvalue weighted by Crippen LogP contribution is 2.37. The summed E-state index contributed by atoms with van der Waals surface area (Å²) in [5, 5.41) is 3.09. The van der Waals surface area contributed by atoms with E-state index in [2.05, 4.69) is 19.2 Å². The molecule has 0 aromatic heterocycles. The first-order valence-electron chi connectivity index (χ1n) is 6.45. The van der Waals surface area contributed by atoms with Crippen molar-refractivity contribution in [2.24, 2.45) is 17.1 Å². The molecular formula is C13H24N2OS. The van der Waals surface area contributed by atoms with Gasteiger partial charge >= 0.3 is 0 Å². The van der Waals surface area contributed by atoms with Crippen molar-refractivity contribution in [3.05, 3.63) is 0 Å². The summed E-state index contributed by atoms with van der Waals surface area (Å²) in [5.74, 6) is -0.277. The van der Waals surface area contributed by atoms with Gasteiger partial charge in [0.15, 0.2) is 0 Å². The van der Waals surface area contributed by atoms with E-state index in [1.54, 1.807) is 0 Å². The van der Waals surface area contributed by atoms with Crippen LogP contribution in [0.4, 0.5) is 0 Å². The lowest BCUT2D eigenvalue weighted by Gasteiger charge is -2.20. The number of nitrogens with two attached hydrogens (primary N) is 1. The van der Waals surface area contributed by atoms with Crippen LogP contribution in [-0.4, -0.2) is 16.9 Å². The van der Waals surface area contributed by atoms with Gasteiger partial charge < -0.3 is 11.1 Å². The molecule has 17 heavy (non-hydrogen) atoms. The second-order valence-electron chi connectivity index (χ2n) is 5.86. The summed E-state index contributed by atoms with van der Waals surface area (Å²) in [6.07, 6.45) is 4.95. The molecule has 2 unspecified atom stereocenters. The molecule has 0 aromatic rings. The summed E-state index contributed by atoms with van der Waals surface area (Å²) in [4.78, 5) is 12.4. The van der Waals surface area contributed by atoms with Crippen molar-refractivity contribution in [3.8, 4) is 0 Å². The van der Waals surface area contributed by atoms with Crippen LogP contribution in [0.3, 0.4) is 0 Å². The summed E-state index contributed by atoms with van der Waals surface area (Å²) in [6.45, 7) is 6.53. The Bertz CT molecular complexity index is 302. The molecule has 0 bridgehead atoms. The second-order valence-corrected chi connectivity index (χ2v) is 6.33. The normalized spacial score (nSPS) is 24.3. The molecule has 0 spiro atoms. The molecule has 1 aliphatic rings. The third kappa shape index (κ3) is 4.26. The summed E-state index contributed by atoms with van der Waals surface area (Å²) < 4.78 is 0. The van der Waals surface area contributed by atoms with Crippen LogP contribution in [0.25, 0.3) is 0 Å². The minimum Gasteiger partial charge on any atom is -0.393 e. The van der Waals surface area contributed by atoms with E-state index in [9.17, 15) is 4.79 Å². The van der Waals surface area contributed by atoms with Gasteiger partial charge in [0.1, 0.15) is 0 Å². The molecule has 1 aliphatic carbocycles. The zero-order valence-electron chi connectivity index (χ0n) is 11.1. The maximum Gasteiger partial charge on any atom is 0.230 e. The van der Waals surface area contributed by atoms with E-state index in [0.717, 1.165) is 25.7 Å². The minimum absolute atomic E-state index is 0.0158. The monoisotopic (exact) mass is 256 g/mol. The highest BCUT2D eigenvalue weighted by molar-refractivity contribution is 7.80. The van der Waals surface area contributed by atoms with Crippen LogP contribution >= 0.6 is 12.2 Å². The van der Waals surface area contributed by atoms with E-state index in [4.69, 9.17) is 18.0 Å². The van der Waals surface area contributed by atoms with Gasteiger partial charge in [-0.05, 0) is 31.1 Å². The van der Waals surface area contributed by atoms with E-state index in [1.165, 1.54) is 6.42 Å². The Labute approximate surface area is 110 Å². The number of hydrogen-bond donors (Lipinski definition) is 2. The van der Waals surface area contributed by atoms with Crippen molar-refractivity contribution < 1.29 is 4.79 Å². The second kappa shape index (κ2) is 5.80. The fraction of sp³-hybridized carbons (Fsp3) is 0.846. The molecule has 0 aromatic carbocycles. The van der Waals surface area contributed by atoms with Crippen molar-refractivity contribution in [2.45, 2.75) is 58.9 Å². The van der Waals surface area contributed by atoms with Gasteiger partial charge in [-0.2, -0.15) is 0 Å². The average Bonchev–Trinajstić information content (AvgIpc) is 2.53. The molecule has 1 saturated carbocycles. The molecule has 3 N–H and O–H groups in total. The van der Waals surface area contributed by atoms with E-state index in [-0.39, 0.29) is 11.8 Å². The zero-order chi connectivity index (χ0) is 13.1. The molecule has 4 heteroatoms. The maximum absolute atomic E-state index is 12.1. The largest absolute Gasteiger partial charge is 0.393 e. The summed E-state index contributed by atoms with van der Waals surface area (Å²) in [6, 6.07) is 0.297. The quantitative estimate of drug-likeness (QED) is 0.743. The molecule has 0 heterocycles. The van der Waals surface area contributed by atoms with Crippen molar-refractivity contribution in [2.75, 3.05) is 0 Å². The summed E-state index contributed by atoms with van der Waals surface area (Å²) in [7, 11) is 0. The SMILES string of the molecule is CCCC(C(=O)NC1CCC(C)(C)C1)C(N)=S. The molecule has 98 valence electrons. The summed E-state index contributed by atoms with van der Waals surface area (Å²) >= 11 is 4.96. The number of thiocarbonyl (C=S) groups is 1. The molecule has 3 nitrogen and oxygen atoms in total. The van der Waals surface area contributed by atoms with E-state index < -0.39 is 0 Å². The first-order valence-corrected chi connectivity index (χ1v) is 6.86. The van der Waals surface area contributed by atoms with Crippen LogP contribution < -0.4 is 11.1 Å². The molecule has 0 radical (unpaired) electrons. The van der Waals surface area contributed by atoms with Gasteiger partial charge in [0.05, 0.1) is 10.9 Å². The third-order valence-corrected chi connectivity index (χ3v) is 3.84. The Morgan fingerprint density at radius 2 is 2.24 bits per heavy atom. The van der Waals surface area contributed by atoms with Crippen LogP contribution in [0.1, 0.15) is 52.9 Å². The number of carbonyl (C=O) groups excluding carboxylic acids is 1.